The Balaban J connectivity index is 1.17. The minimum Gasteiger partial charge on any atom is -0.309 e. The normalized spacial score (nSPS) is 11.7. The molecule has 5 nitrogen and oxygen atoms in total. The van der Waals surface area contributed by atoms with Crippen LogP contribution in [-0.4, -0.2) is 24.1 Å². The molecule has 0 atom stereocenters. The average Bonchev–Trinajstić information content (AvgIpc) is 3.85. The highest BCUT2D eigenvalue weighted by Crippen LogP contribution is 2.43. The van der Waals surface area contributed by atoms with Crippen LogP contribution in [0.25, 0.3) is 111 Å². The van der Waals surface area contributed by atoms with Gasteiger partial charge < -0.3 is 4.57 Å². The fourth-order valence-corrected chi connectivity index (χ4v) is 9.11. The second-order valence-electron chi connectivity index (χ2n) is 15.2. The van der Waals surface area contributed by atoms with E-state index >= 15 is 0 Å². The summed E-state index contributed by atoms with van der Waals surface area (Å²) in [5.41, 5.74) is 12.0. The van der Waals surface area contributed by atoms with Gasteiger partial charge in [-0.25, -0.2) is 4.98 Å². The van der Waals surface area contributed by atoms with Crippen LogP contribution >= 0.6 is 0 Å². The summed E-state index contributed by atoms with van der Waals surface area (Å²) < 4.78 is 4.66. The van der Waals surface area contributed by atoms with Gasteiger partial charge in [0, 0.05) is 49.5 Å². The van der Waals surface area contributed by atoms with Crippen molar-refractivity contribution < 1.29 is 0 Å². The van der Waals surface area contributed by atoms with Crippen LogP contribution in [-0.2, 0) is 0 Å². The molecule has 0 saturated heterocycles. The zero-order chi connectivity index (χ0) is 39.6. The summed E-state index contributed by atoms with van der Waals surface area (Å²) >= 11 is 0. The van der Waals surface area contributed by atoms with E-state index in [9.17, 15) is 0 Å². The molecule has 0 fully saturated rings. The number of hydrogen-bond donors (Lipinski definition) is 0. The molecule has 60 heavy (non-hydrogen) atoms. The second kappa shape index (κ2) is 13.8. The Bertz CT molecular complexity index is 3580. The molecule has 0 N–H and O–H groups in total. The van der Waals surface area contributed by atoms with Crippen molar-refractivity contribution in [1.82, 2.24) is 24.1 Å². The van der Waals surface area contributed by atoms with Crippen LogP contribution in [0, 0.1) is 0 Å². The van der Waals surface area contributed by atoms with Gasteiger partial charge in [0.25, 0.3) is 0 Å². The van der Waals surface area contributed by atoms with E-state index in [2.05, 4.69) is 203 Å². The maximum absolute atomic E-state index is 5.39. The number of hydrogen-bond acceptors (Lipinski definition) is 3. The van der Waals surface area contributed by atoms with E-state index in [1.807, 2.05) is 18.2 Å². The van der Waals surface area contributed by atoms with Crippen LogP contribution in [0.4, 0.5) is 0 Å². The van der Waals surface area contributed by atoms with Gasteiger partial charge in [0.2, 0.25) is 5.95 Å². The lowest BCUT2D eigenvalue weighted by atomic mass is 9.98. The number of benzene rings is 9. The van der Waals surface area contributed by atoms with E-state index in [0.29, 0.717) is 17.6 Å². The third kappa shape index (κ3) is 5.37. The Morgan fingerprint density at radius 1 is 0.300 bits per heavy atom. The molecule has 0 bridgehead atoms. The Labute approximate surface area is 346 Å². The van der Waals surface area contributed by atoms with Crippen molar-refractivity contribution in [3.63, 3.8) is 0 Å². The van der Waals surface area contributed by atoms with Gasteiger partial charge in [-0.3, -0.25) is 4.57 Å². The highest BCUT2D eigenvalue weighted by molar-refractivity contribution is 6.17. The van der Waals surface area contributed by atoms with Gasteiger partial charge in [-0.2, -0.15) is 9.97 Å². The molecule has 0 amide bonds. The molecule has 0 aliphatic rings. The van der Waals surface area contributed by atoms with Gasteiger partial charge in [0.05, 0.1) is 22.1 Å². The standard InChI is InChI=1S/C55H35N5/c1-4-17-37(18-5-1)42-27-15-30-46-48-35-39(43-28-16-29-45-44-26-12-13-32-49(44)59(51(43)45)40-23-8-3-9-24-40)33-34-50(48)60(52(42)46)55-57-53(38-20-6-2-7-21-38)56-54(58-55)47-31-14-22-36-19-10-11-25-41(36)47/h1-35H. The highest BCUT2D eigenvalue weighted by atomic mass is 15.2. The third-order valence-corrected chi connectivity index (χ3v) is 11.8. The molecule has 0 unspecified atom stereocenters. The molecule has 12 rings (SSSR count). The Kier molecular flexibility index (Phi) is 7.78. The second-order valence-corrected chi connectivity index (χ2v) is 15.2. The molecule has 0 aliphatic carbocycles. The molecule has 3 heterocycles. The molecule has 0 aliphatic heterocycles. The van der Waals surface area contributed by atoms with Crippen molar-refractivity contribution in [2.45, 2.75) is 0 Å². The molecule has 0 radical (unpaired) electrons. The molecule has 3 aromatic heterocycles. The first-order chi connectivity index (χ1) is 29.8. The molecule has 9 aromatic carbocycles. The Hall–Kier alpha value is -8.15. The Morgan fingerprint density at radius 3 is 1.62 bits per heavy atom. The van der Waals surface area contributed by atoms with Gasteiger partial charge in [-0.1, -0.05) is 182 Å². The van der Waals surface area contributed by atoms with Gasteiger partial charge in [0.1, 0.15) is 0 Å². The van der Waals surface area contributed by atoms with E-state index in [-0.39, 0.29) is 0 Å². The van der Waals surface area contributed by atoms with E-state index < -0.39 is 0 Å². The monoisotopic (exact) mass is 765 g/mol. The smallest absolute Gasteiger partial charge is 0.238 e. The van der Waals surface area contributed by atoms with Crippen molar-refractivity contribution in [2.75, 3.05) is 0 Å². The largest absolute Gasteiger partial charge is 0.309 e. The number of aromatic nitrogens is 5. The van der Waals surface area contributed by atoms with E-state index in [1.165, 1.54) is 27.4 Å². The number of rotatable bonds is 6. The lowest BCUT2D eigenvalue weighted by molar-refractivity contribution is 0.954. The maximum Gasteiger partial charge on any atom is 0.238 e. The van der Waals surface area contributed by atoms with Crippen molar-refractivity contribution >= 4 is 54.4 Å². The predicted octanol–water partition coefficient (Wildman–Crippen LogP) is 13.9. The van der Waals surface area contributed by atoms with Gasteiger partial charge in [-0.15, -0.1) is 0 Å². The van der Waals surface area contributed by atoms with Crippen molar-refractivity contribution in [1.29, 1.82) is 0 Å². The number of para-hydroxylation sites is 4. The SMILES string of the molecule is c1ccc(-c2nc(-c3cccc4ccccc34)nc(-n3c4ccc(-c5cccc6c7ccccc7n(-c7ccccc7)c56)cc4c4cccc(-c5ccccc5)c43)n2)cc1. The van der Waals surface area contributed by atoms with E-state index in [4.69, 9.17) is 15.0 Å². The fourth-order valence-electron chi connectivity index (χ4n) is 9.11. The minimum absolute atomic E-state index is 0.564. The first-order valence-electron chi connectivity index (χ1n) is 20.3. The third-order valence-electron chi connectivity index (χ3n) is 11.8. The van der Waals surface area contributed by atoms with Gasteiger partial charge >= 0.3 is 0 Å². The van der Waals surface area contributed by atoms with Crippen LogP contribution in [0.1, 0.15) is 0 Å². The summed E-state index contributed by atoms with van der Waals surface area (Å²) in [6.07, 6.45) is 0. The van der Waals surface area contributed by atoms with Crippen LogP contribution in [0.2, 0.25) is 0 Å². The highest BCUT2D eigenvalue weighted by Gasteiger charge is 2.23. The maximum atomic E-state index is 5.39. The van der Waals surface area contributed by atoms with Crippen molar-refractivity contribution in [2.24, 2.45) is 0 Å². The molecule has 5 heteroatoms. The minimum atomic E-state index is 0.564. The predicted molar refractivity (Wildman–Crippen MR) is 248 cm³/mol. The number of fused-ring (bicyclic) bond motifs is 7. The van der Waals surface area contributed by atoms with Crippen LogP contribution in [0.3, 0.4) is 0 Å². The van der Waals surface area contributed by atoms with E-state index in [0.717, 1.165) is 66.1 Å². The molecule has 12 aromatic rings. The topological polar surface area (TPSA) is 48.5 Å². The molecular formula is C55H35N5. The van der Waals surface area contributed by atoms with Crippen LogP contribution in [0.5, 0.6) is 0 Å². The zero-order valence-corrected chi connectivity index (χ0v) is 32.4. The quantitative estimate of drug-likeness (QED) is 0.169. The van der Waals surface area contributed by atoms with Gasteiger partial charge in [0.15, 0.2) is 11.6 Å². The van der Waals surface area contributed by atoms with Gasteiger partial charge in [-0.05, 0) is 52.2 Å². The van der Waals surface area contributed by atoms with E-state index in [1.54, 1.807) is 0 Å². The summed E-state index contributed by atoms with van der Waals surface area (Å²) in [5, 5.41) is 6.92. The Morgan fingerprint density at radius 2 is 0.833 bits per heavy atom. The van der Waals surface area contributed by atoms with Crippen LogP contribution in [0.15, 0.2) is 212 Å². The molecule has 0 saturated carbocycles. The summed E-state index contributed by atoms with van der Waals surface area (Å²) in [6.45, 7) is 0. The van der Waals surface area contributed by atoms with Crippen molar-refractivity contribution in [3.05, 3.63) is 212 Å². The first kappa shape index (κ1) is 33.9. The average molecular weight is 766 g/mol. The lowest BCUT2D eigenvalue weighted by Crippen LogP contribution is -2.07. The summed E-state index contributed by atoms with van der Waals surface area (Å²) in [7, 11) is 0. The summed E-state index contributed by atoms with van der Waals surface area (Å²) in [6, 6.07) is 75.1. The summed E-state index contributed by atoms with van der Waals surface area (Å²) in [4.78, 5) is 15.9. The molecule has 0 spiro atoms. The van der Waals surface area contributed by atoms with Crippen LogP contribution < -0.4 is 0 Å². The molecular weight excluding hydrogens is 731 g/mol. The summed E-state index contributed by atoms with van der Waals surface area (Å²) in [5.74, 6) is 1.81. The first-order valence-corrected chi connectivity index (χ1v) is 20.3. The lowest BCUT2D eigenvalue weighted by Gasteiger charge is -2.14. The number of nitrogens with zero attached hydrogens (tertiary/aromatic N) is 5. The fraction of sp³-hybridized carbons (Fsp3) is 0. The van der Waals surface area contributed by atoms with Crippen molar-refractivity contribution in [3.8, 4) is 56.7 Å². The molecule has 280 valence electrons. The zero-order valence-electron chi connectivity index (χ0n) is 32.4.